The van der Waals surface area contributed by atoms with Gasteiger partial charge >= 0.3 is 0 Å². The van der Waals surface area contributed by atoms with Crippen LogP contribution in [0, 0.1) is 23.2 Å². The molecule has 0 aromatic heterocycles. The maximum absolute atomic E-state index is 2.37. The molecule has 0 amide bonds. The van der Waals surface area contributed by atoms with E-state index < -0.39 is 0 Å². The maximum atomic E-state index is 2.37. The zero-order valence-electron chi connectivity index (χ0n) is 9.94. The van der Waals surface area contributed by atoms with E-state index in [4.69, 9.17) is 0 Å². The highest BCUT2D eigenvalue weighted by molar-refractivity contribution is 4.73. The second kappa shape index (κ2) is 4.30. The fraction of sp³-hybridized carbons (Fsp3) is 1.00. The van der Waals surface area contributed by atoms with Gasteiger partial charge in [-0.3, -0.25) is 0 Å². The van der Waals surface area contributed by atoms with Gasteiger partial charge < -0.3 is 0 Å². The van der Waals surface area contributed by atoms with Crippen LogP contribution in [0.3, 0.4) is 0 Å². The fourth-order valence-corrected chi connectivity index (χ4v) is 1.18. The van der Waals surface area contributed by atoms with E-state index in [9.17, 15) is 0 Å². The molecule has 0 bridgehead atoms. The van der Waals surface area contributed by atoms with Gasteiger partial charge in [-0.05, 0) is 29.6 Å². The summed E-state index contributed by atoms with van der Waals surface area (Å²) in [7, 11) is 0. The Hall–Kier alpha value is 0. The van der Waals surface area contributed by atoms with Gasteiger partial charge in [0.2, 0.25) is 0 Å². The van der Waals surface area contributed by atoms with E-state index in [1.54, 1.807) is 0 Å². The number of hydrogen-bond donors (Lipinski definition) is 0. The summed E-state index contributed by atoms with van der Waals surface area (Å²) in [5.41, 5.74) is 0.475. The van der Waals surface area contributed by atoms with Crippen molar-refractivity contribution in [2.45, 2.75) is 54.9 Å². The summed E-state index contributed by atoms with van der Waals surface area (Å²) in [6.07, 6.45) is 1.36. The summed E-state index contributed by atoms with van der Waals surface area (Å²) in [4.78, 5) is 0. The van der Waals surface area contributed by atoms with Gasteiger partial charge in [-0.15, -0.1) is 0 Å². The second-order valence-electron chi connectivity index (χ2n) is 5.72. The van der Waals surface area contributed by atoms with Gasteiger partial charge in [-0.25, -0.2) is 0 Å². The van der Waals surface area contributed by atoms with E-state index in [0.29, 0.717) is 5.41 Å². The van der Waals surface area contributed by atoms with E-state index >= 15 is 0 Å². The van der Waals surface area contributed by atoms with Crippen molar-refractivity contribution in [3.05, 3.63) is 0 Å². The molecular weight excluding hydrogens is 144 g/mol. The van der Waals surface area contributed by atoms with Gasteiger partial charge in [0.05, 0.1) is 0 Å². The molecule has 0 saturated heterocycles. The molecule has 0 rings (SSSR count). The minimum atomic E-state index is 0.475. The van der Waals surface area contributed by atoms with Crippen LogP contribution >= 0.6 is 0 Å². The monoisotopic (exact) mass is 170 g/mol. The standard InChI is InChI=1S/C12H26/c1-9(2)10(3)8-11(4)12(5,6)7/h9-11H,8H2,1-7H3/t10-,11-/m0/s1. The zero-order valence-corrected chi connectivity index (χ0v) is 9.94. The maximum Gasteiger partial charge on any atom is -0.0357 e. The predicted octanol–water partition coefficient (Wildman–Crippen LogP) is 4.35. The molecule has 74 valence electrons. The van der Waals surface area contributed by atoms with Gasteiger partial charge in [0.15, 0.2) is 0 Å². The number of hydrogen-bond acceptors (Lipinski definition) is 0. The molecule has 0 fully saturated rings. The molecule has 0 heteroatoms. The Morgan fingerprint density at radius 1 is 0.917 bits per heavy atom. The quantitative estimate of drug-likeness (QED) is 0.590. The lowest BCUT2D eigenvalue weighted by Gasteiger charge is -2.30. The van der Waals surface area contributed by atoms with Crippen molar-refractivity contribution in [2.24, 2.45) is 23.2 Å². The molecule has 0 aliphatic carbocycles. The molecule has 0 spiro atoms. The van der Waals surface area contributed by atoms with Crippen LogP contribution in [0.15, 0.2) is 0 Å². The van der Waals surface area contributed by atoms with Crippen LogP contribution in [0.4, 0.5) is 0 Å². The molecule has 0 radical (unpaired) electrons. The highest BCUT2D eigenvalue weighted by atomic mass is 14.3. The average molecular weight is 170 g/mol. The molecule has 2 atom stereocenters. The lowest BCUT2D eigenvalue weighted by molar-refractivity contribution is 0.199. The number of rotatable bonds is 3. The minimum absolute atomic E-state index is 0.475. The molecule has 0 saturated carbocycles. The van der Waals surface area contributed by atoms with E-state index in [1.165, 1.54) is 6.42 Å². The molecule has 0 aromatic carbocycles. The van der Waals surface area contributed by atoms with Crippen LogP contribution in [-0.4, -0.2) is 0 Å². The lowest BCUT2D eigenvalue weighted by Crippen LogP contribution is -2.21. The molecule has 0 aliphatic heterocycles. The van der Waals surface area contributed by atoms with Crippen molar-refractivity contribution in [3.63, 3.8) is 0 Å². The summed E-state index contributed by atoms with van der Waals surface area (Å²) >= 11 is 0. The summed E-state index contributed by atoms with van der Waals surface area (Å²) in [6.45, 7) is 16.4. The predicted molar refractivity (Wildman–Crippen MR) is 57.2 cm³/mol. The van der Waals surface area contributed by atoms with Crippen molar-refractivity contribution in [3.8, 4) is 0 Å². The summed E-state index contributed by atoms with van der Waals surface area (Å²) < 4.78 is 0. The van der Waals surface area contributed by atoms with Gasteiger partial charge in [-0.1, -0.05) is 48.5 Å². The third-order valence-electron chi connectivity index (χ3n) is 3.34. The summed E-state index contributed by atoms with van der Waals surface area (Å²) in [5, 5.41) is 0. The molecular formula is C12H26. The molecule has 0 aliphatic rings. The first-order valence-corrected chi connectivity index (χ1v) is 5.25. The summed E-state index contributed by atoms with van der Waals surface area (Å²) in [6, 6.07) is 0. The van der Waals surface area contributed by atoms with Crippen molar-refractivity contribution in [2.75, 3.05) is 0 Å². The molecule has 0 nitrogen and oxygen atoms in total. The van der Waals surface area contributed by atoms with E-state index in [-0.39, 0.29) is 0 Å². The molecule has 0 N–H and O–H groups in total. The fourth-order valence-electron chi connectivity index (χ4n) is 1.18. The van der Waals surface area contributed by atoms with Gasteiger partial charge in [-0.2, -0.15) is 0 Å². The third kappa shape index (κ3) is 4.13. The van der Waals surface area contributed by atoms with Crippen LogP contribution < -0.4 is 0 Å². The van der Waals surface area contributed by atoms with Gasteiger partial charge in [0, 0.05) is 0 Å². The van der Waals surface area contributed by atoms with Crippen molar-refractivity contribution in [1.82, 2.24) is 0 Å². The van der Waals surface area contributed by atoms with Crippen LogP contribution in [0.2, 0.25) is 0 Å². The largest absolute Gasteiger partial charge is 0.0625 e. The topological polar surface area (TPSA) is 0 Å². The van der Waals surface area contributed by atoms with Crippen LogP contribution in [-0.2, 0) is 0 Å². The smallest absolute Gasteiger partial charge is 0.0357 e. The van der Waals surface area contributed by atoms with Crippen LogP contribution in [0.5, 0.6) is 0 Å². The first kappa shape index (κ1) is 12.0. The Labute approximate surface area is 78.8 Å². The van der Waals surface area contributed by atoms with E-state index in [1.807, 2.05) is 0 Å². The molecule has 0 aromatic rings. The second-order valence-corrected chi connectivity index (χ2v) is 5.72. The first-order valence-electron chi connectivity index (χ1n) is 5.25. The highest BCUT2D eigenvalue weighted by Crippen LogP contribution is 2.32. The van der Waals surface area contributed by atoms with Crippen molar-refractivity contribution < 1.29 is 0 Å². The molecule has 0 unspecified atom stereocenters. The highest BCUT2D eigenvalue weighted by Gasteiger charge is 2.22. The van der Waals surface area contributed by atoms with Crippen LogP contribution in [0.25, 0.3) is 0 Å². The third-order valence-corrected chi connectivity index (χ3v) is 3.34. The van der Waals surface area contributed by atoms with E-state index in [0.717, 1.165) is 17.8 Å². The SMILES string of the molecule is CC(C)[C@@H](C)C[C@H](C)C(C)(C)C. The Bertz CT molecular complexity index is 116. The lowest BCUT2D eigenvalue weighted by atomic mass is 9.75. The molecule has 0 heterocycles. The zero-order chi connectivity index (χ0) is 9.94. The summed E-state index contributed by atoms with van der Waals surface area (Å²) in [5.74, 6) is 2.52. The Morgan fingerprint density at radius 2 is 1.33 bits per heavy atom. The Morgan fingerprint density at radius 3 is 1.58 bits per heavy atom. The Kier molecular flexibility index (Phi) is 4.30. The van der Waals surface area contributed by atoms with Gasteiger partial charge in [0.25, 0.3) is 0 Å². The van der Waals surface area contributed by atoms with Crippen LogP contribution in [0.1, 0.15) is 54.9 Å². The normalized spacial score (nSPS) is 18.0. The van der Waals surface area contributed by atoms with Crippen molar-refractivity contribution >= 4 is 0 Å². The first-order chi connectivity index (χ1) is 5.25. The van der Waals surface area contributed by atoms with E-state index in [2.05, 4.69) is 48.5 Å². The Balaban J connectivity index is 3.93. The molecule has 12 heavy (non-hydrogen) atoms. The average Bonchev–Trinajstić information content (AvgIpc) is 1.85. The minimum Gasteiger partial charge on any atom is -0.0625 e. The van der Waals surface area contributed by atoms with Crippen molar-refractivity contribution in [1.29, 1.82) is 0 Å². The van der Waals surface area contributed by atoms with Gasteiger partial charge in [0.1, 0.15) is 0 Å².